The molecule has 0 radical (unpaired) electrons. The van der Waals surface area contributed by atoms with Gasteiger partial charge in [0.2, 0.25) is 5.88 Å². The lowest BCUT2D eigenvalue weighted by Crippen LogP contribution is -2.20. The van der Waals surface area contributed by atoms with Crippen LogP contribution >= 0.6 is 0 Å². The number of nitrogens with zero attached hydrogens (tertiary/aromatic N) is 1. The Morgan fingerprint density at radius 3 is 2.82 bits per heavy atom. The summed E-state index contributed by atoms with van der Waals surface area (Å²) in [6.07, 6.45) is 0.565. The summed E-state index contributed by atoms with van der Waals surface area (Å²) >= 11 is 0. The van der Waals surface area contributed by atoms with E-state index < -0.39 is 6.09 Å². The van der Waals surface area contributed by atoms with Crippen LogP contribution in [-0.2, 0) is 6.54 Å². The van der Waals surface area contributed by atoms with Crippen LogP contribution in [0.5, 0.6) is 5.88 Å². The number of nitrogens with one attached hydrogen (secondary N) is 1. The summed E-state index contributed by atoms with van der Waals surface area (Å²) < 4.78 is 5.53. The Balaban J connectivity index is 2.56. The molecule has 0 atom stereocenters. The highest BCUT2D eigenvalue weighted by molar-refractivity contribution is 5.64. The molecular formula is C12H18N2O3. The molecule has 17 heavy (non-hydrogen) atoms. The first-order valence-corrected chi connectivity index (χ1v) is 5.41. The average Bonchev–Trinajstić information content (AvgIpc) is 2.23. The van der Waals surface area contributed by atoms with Gasteiger partial charge in [0.05, 0.1) is 6.61 Å². The Labute approximate surface area is 101 Å². The monoisotopic (exact) mass is 238 g/mol. The van der Waals surface area contributed by atoms with Crippen LogP contribution in [0, 0.1) is 5.41 Å². The molecule has 5 heteroatoms. The van der Waals surface area contributed by atoms with Crippen LogP contribution in [0.2, 0.25) is 0 Å². The van der Waals surface area contributed by atoms with Crippen molar-refractivity contribution in [2.45, 2.75) is 27.3 Å². The molecule has 1 rings (SSSR count). The Morgan fingerprint density at radius 2 is 2.24 bits per heavy atom. The predicted molar refractivity (Wildman–Crippen MR) is 64.1 cm³/mol. The summed E-state index contributed by atoms with van der Waals surface area (Å²) in [5, 5.41) is 10.8. The smallest absolute Gasteiger partial charge is 0.404 e. The second-order valence-electron chi connectivity index (χ2n) is 5.01. The van der Waals surface area contributed by atoms with E-state index >= 15 is 0 Å². The number of aromatic nitrogens is 1. The fourth-order valence-corrected chi connectivity index (χ4v) is 1.11. The third-order valence-electron chi connectivity index (χ3n) is 1.90. The molecule has 0 unspecified atom stereocenters. The summed E-state index contributed by atoms with van der Waals surface area (Å²) in [5.41, 5.74) is 0.892. The number of hydrogen-bond donors (Lipinski definition) is 2. The summed E-state index contributed by atoms with van der Waals surface area (Å²) in [4.78, 5) is 14.4. The molecular weight excluding hydrogens is 220 g/mol. The topological polar surface area (TPSA) is 71.5 Å². The van der Waals surface area contributed by atoms with Gasteiger partial charge in [-0.2, -0.15) is 0 Å². The fourth-order valence-electron chi connectivity index (χ4n) is 1.11. The Bertz CT molecular complexity index is 386. The molecule has 2 N–H and O–H groups in total. The Morgan fingerprint density at radius 1 is 1.53 bits per heavy atom. The molecule has 0 aliphatic rings. The van der Waals surface area contributed by atoms with E-state index in [0.29, 0.717) is 12.5 Å². The van der Waals surface area contributed by atoms with E-state index in [1.54, 1.807) is 18.3 Å². The molecule has 1 aromatic heterocycles. The number of rotatable bonds is 4. The number of amides is 1. The zero-order chi connectivity index (χ0) is 12.9. The fraction of sp³-hybridized carbons (Fsp3) is 0.500. The van der Waals surface area contributed by atoms with Crippen molar-refractivity contribution in [3.05, 3.63) is 23.9 Å². The minimum atomic E-state index is -1.04. The van der Waals surface area contributed by atoms with E-state index in [1.165, 1.54) is 0 Å². The lowest BCUT2D eigenvalue weighted by Gasteiger charge is -2.18. The third kappa shape index (κ3) is 5.75. The number of carbonyl (C=O) groups is 1. The van der Waals surface area contributed by atoms with Gasteiger partial charge in [-0.15, -0.1) is 0 Å². The molecule has 5 nitrogen and oxygen atoms in total. The summed E-state index contributed by atoms with van der Waals surface area (Å²) in [7, 11) is 0. The van der Waals surface area contributed by atoms with Gasteiger partial charge in [-0.05, 0) is 17.0 Å². The predicted octanol–water partition coefficient (Wildman–Crippen LogP) is 2.27. The number of pyridine rings is 1. The summed E-state index contributed by atoms with van der Waals surface area (Å²) in [5.74, 6) is 0.518. The quantitative estimate of drug-likeness (QED) is 0.844. The first-order chi connectivity index (χ1) is 7.87. The van der Waals surface area contributed by atoms with Crippen molar-refractivity contribution in [1.29, 1.82) is 0 Å². The Kier molecular flexibility index (Phi) is 4.31. The molecule has 0 saturated heterocycles. The zero-order valence-corrected chi connectivity index (χ0v) is 10.4. The van der Waals surface area contributed by atoms with E-state index in [0.717, 1.165) is 5.56 Å². The van der Waals surface area contributed by atoms with Crippen molar-refractivity contribution in [1.82, 2.24) is 10.3 Å². The molecule has 94 valence electrons. The van der Waals surface area contributed by atoms with Crippen LogP contribution in [0.15, 0.2) is 18.3 Å². The second kappa shape index (κ2) is 5.52. The first-order valence-electron chi connectivity index (χ1n) is 5.41. The van der Waals surface area contributed by atoms with Gasteiger partial charge in [-0.1, -0.05) is 20.8 Å². The largest absolute Gasteiger partial charge is 0.477 e. The normalized spacial score (nSPS) is 11.0. The molecule has 0 bridgehead atoms. The highest BCUT2D eigenvalue weighted by Crippen LogP contribution is 2.16. The molecule has 0 spiro atoms. The van der Waals surface area contributed by atoms with Crippen molar-refractivity contribution >= 4 is 6.09 Å². The van der Waals surface area contributed by atoms with E-state index in [1.807, 2.05) is 0 Å². The van der Waals surface area contributed by atoms with E-state index in [2.05, 4.69) is 31.1 Å². The summed E-state index contributed by atoms with van der Waals surface area (Å²) in [6, 6.07) is 3.49. The van der Waals surface area contributed by atoms with Crippen LogP contribution < -0.4 is 10.1 Å². The summed E-state index contributed by atoms with van der Waals surface area (Å²) in [6.45, 7) is 7.04. The third-order valence-corrected chi connectivity index (χ3v) is 1.90. The minimum absolute atomic E-state index is 0.0665. The first kappa shape index (κ1) is 13.3. The van der Waals surface area contributed by atoms with Crippen LogP contribution in [0.1, 0.15) is 26.3 Å². The standard InChI is InChI=1S/C12H18N2O3/c1-12(2,3)8-17-10-6-9(4-5-13-10)7-14-11(15)16/h4-6,14H,7-8H2,1-3H3,(H,15,16). The van der Waals surface area contributed by atoms with Crippen LogP contribution in [0.25, 0.3) is 0 Å². The minimum Gasteiger partial charge on any atom is -0.477 e. The average molecular weight is 238 g/mol. The molecule has 1 heterocycles. The van der Waals surface area contributed by atoms with Crippen molar-refractivity contribution < 1.29 is 14.6 Å². The molecule has 0 fully saturated rings. The maximum Gasteiger partial charge on any atom is 0.404 e. The van der Waals surface area contributed by atoms with Gasteiger partial charge in [0.15, 0.2) is 0 Å². The molecule has 1 amide bonds. The molecule has 1 aromatic rings. The van der Waals surface area contributed by atoms with Crippen LogP contribution in [-0.4, -0.2) is 22.8 Å². The number of carboxylic acid groups (broad SMARTS) is 1. The number of hydrogen-bond acceptors (Lipinski definition) is 3. The molecule has 0 aromatic carbocycles. The number of ether oxygens (including phenoxy) is 1. The molecule has 0 aliphatic heterocycles. The van der Waals surface area contributed by atoms with Gasteiger partial charge in [0.1, 0.15) is 0 Å². The van der Waals surface area contributed by atoms with Gasteiger partial charge < -0.3 is 15.2 Å². The van der Waals surface area contributed by atoms with E-state index in [4.69, 9.17) is 9.84 Å². The van der Waals surface area contributed by atoms with E-state index in [-0.39, 0.29) is 12.0 Å². The maximum atomic E-state index is 10.4. The van der Waals surface area contributed by atoms with Crippen molar-refractivity contribution in [2.24, 2.45) is 5.41 Å². The second-order valence-corrected chi connectivity index (χ2v) is 5.01. The molecule has 0 aliphatic carbocycles. The van der Waals surface area contributed by atoms with Crippen LogP contribution in [0.3, 0.4) is 0 Å². The SMILES string of the molecule is CC(C)(C)COc1cc(CNC(=O)O)ccn1. The lowest BCUT2D eigenvalue weighted by molar-refractivity contribution is 0.190. The highest BCUT2D eigenvalue weighted by atomic mass is 16.5. The van der Waals surface area contributed by atoms with Crippen molar-refractivity contribution in [2.75, 3.05) is 6.61 Å². The zero-order valence-electron chi connectivity index (χ0n) is 10.4. The van der Waals surface area contributed by atoms with Gasteiger partial charge in [-0.25, -0.2) is 9.78 Å². The molecule has 0 saturated carbocycles. The van der Waals surface area contributed by atoms with E-state index in [9.17, 15) is 4.79 Å². The van der Waals surface area contributed by atoms with Gasteiger partial charge in [-0.3, -0.25) is 0 Å². The van der Waals surface area contributed by atoms with Gasteiger partial charge in [0.25, 0.3) is 0 Å². The van der Waals surface area contributed by atoms with Crippen LogP contribution in [0.4, 0.5) is 4.79 Å². The van der Waals surface area contributed by atoms with Gasteiger partial charge in [0, 0.05) is 18.8 Å². The van der Waals surface area contributed by atoms with Crippen molar-refractivity contribution in [3.8, 4) is 5.88 Å². The Hall–Kier alpha value is -1.78. The van der Waals surface area contributed by atoms with Gasteiger partial charge >= 0.3 is 6.09 Å². The van der Waals surface area contributed by atoms with Crippen molar-refractivity contribution in [3.63, 3.8) is 0 Å². The maximum absolute atomic E-state index is 10.4. The highest BCUT2D eigenvalue weighted by Gasteiger charge is 2.11. The lowest BCUT2D eigenvalue weighted by atomic mass is 9.99.